The van der Waals surface area contributed by atoms with E-state index in [9.17, 15) is 13.6 Å². The Bertz CT molecular complexity index is 792. The number of nitrogens with zero attached hydrogens (tertiary/aromatic N) is 2. The SMILES string of the molecule is O=C(c1cc(COc2ccc(F)cc2F)on1)N1C[C@@H]2CCC[C@H]1C2. The number of aromatic nitrogens is 1. The van der Waals surface area contributed by atoms with Crippen LogP contribution >= 0.6 is 0 Å². The molecule has 0 N–H and O–H groups in total. The fourth-order valence-electron chi connectivity index (χ4n) is 3.76. The maximum absolute atomic E-state index is 13.5. The second-order valence-electron chi connectivity index (χ2n) is 6.69. The third-order valence-electron chi connectivity index (χ3n) is 4.95. The van der Waals surface area contributed by atoms with Gasteiger partial charge in [-0.1, -0.05) is 11.6 Å². The average molecular weight is 348 g/mol. The van der Waals surface area contributed by atoms with Crippen molar-refractivity contribution in [2.45, 2.75) is 38.3 Å². The van der Waals surface area contributed by atoms with Crippen molar-refractivity contribution in [3.8, 4) is 5.75 Å². The van der Waals surface area contributed by atoms with Gasteiger partial charge < -0.3 is 14.2 Å². The maximum Gasteiger partial charge on any atom is 0.276 e. The van der Waals surface area contributed by atoms with E-state index in [1.807, 2.05) is 4.90 Å². The lowest BCUT2D eigenvalue weighted by molar-refractivity contribution is 0.0722. The molecule has 1 saturated heterocycles. The summed E-state index contributed by atoms with van der Waals surface area (Å²) in [6, 6.07) is 4.88. The van der Waals surface area contributed by atoms with E-state index in [0.717, 1.165) is 31.5 Å². The molecule has 2 aliphatic rings. The van der Waals surface area contributed by atoms with Crippen LogP contribution in [-0.4, -0.2) is 28.6 Å². The molecule has 1 aliphatic heterocycles. The normalized spacial score (nSPS) is 22.2. The highest BCUT2D eigenvalue weighted by Gasteiger charge is 2.38. The number of hydrogen-bond donors (Lipinski definition) is 0. The predicted molar refractivity (Wildman–Crippen MR) is 84.0 cm³/mol. The summed E-state index contributed by atoms with van der Waals surface area (Å²) in [7, 11) is 0. The van der Waals surface area contributed by atoms with Gasteiger partial charge in [0.05, 0.1) is 0 Å². The van der Waals surface area contributed by atoms with Gasteiger partial charge in [0, 0.05) is 24.7 Å². The van der Waals surface area contributed by atoms with Gasteiger partial charge in [-0.25, -0.2) is 8.78 Å². The minimum Gasteiger partial charge on any atom is -0.482 e. The summed E-state index contributed by atoms with van der Waals surface area (Å²) in [4.78, 5) is 14.5. The van der Waals surface area contributed by atoms with Crippen LogP contribution in [0.1, 0.15) is 41.9 Å². The van der Waals surface area contributed by atoms with Crippen molar-refractivity contribution < 1.29 is 22.8 Å². The quantitative estimate of drug-likeness (QED) is 0.848. The smallest absolute Gasteiger partial charge is 0.276 e. The molecule has 2 fully saturated rings. The first-order chi connectivity index (χ1) is 12.1. The van der Waals surface area contributed by atoms with Gasteiger partial charge in [-0.2, -0.15) is 0 Å². The maximum atomic E-state index is 13.5. The molecule has 1 saturated carbocycles. The lowest BCUT2D eigenvalue weighted by atomic mass is 9.90. The zero-order valence-electron chi connectivity index (χ0n) is 13.6. The highest BCUT2D eigenvalue weighted by molar-refractivity contribution is 5.92. The van der Waals surface area contributed by atoms with Crippen LogP contribution in [0.2, 0.25) is 0 Å². The predicted octanol–water partition coefficient (Wildman–Crippen LogP) is 3.55. The molecule has 1 aromatic heterocycles. The minimum atomic E-state index is -0.792. The monoisotopic (exact) mass is 348 g/mol. The summed E-state index contributed by atoms with van der Waals surface area (Å²) >= 11 is 0. The van der Waals surface area contributed by atoms with Gasteiger partial charge in [0.25, 0.3) is 5.91 Å². The Balaban J connectivity index is 1.41. The number of carbonyl (C=O) groups is 1. The van der Waals surface area contributed by atoms with Gasteiger partial charge in [0.15, 0.2) is 23.0 Å². The lowest BCUT2D eigenvalue weighted by Gasteiger charge is -2.23. The molecule has 5 nitrogen and oxygen atoms in total. The molecule has 1 aliphatic carbocycles. The molecule has 25 heavy (non-hydrogen) atoms. The second kappa shape index (κ2) is 6.46. The number of ether oxygens (including phenoxy) is 1. The standard InChI is InChI=1S/C18H18F2N2O3/c19-12-4-5-17(15(20)7-12)24-10-14-8-16(21-25-14)18(23)22-9-11-2-1-3-13(22)6-11/h4-5,7-8,11,13H,1-3,6,9-10H2/t11-,13+/m1/s1. The van der Waals surface area contributed by atoms with Crippen molar-refractivity contribution in [1.29, 1.82) is 0 Å². The van der Waals surface area contributed by atoms with Crippen LogP contribution < -0.4 is 4.74 Å². The zero-order chi connectivity index (χ0) is 17.4. The van der Waals surface area contributed by atoms with Crippen LogP contribution in [0.4, 0.5) is 8.78 Å². The molecule has 1 aromatic carbocycles. The molecule has 2 aromatic rings. The van der Waals surface area contributed by atoms with E-state index in [0.29, 0.717) is 17.7 Å². The van der Waals surface area contributed by atoms with E-state index in [-0.39, 0.29) is 24.0 Å². The zero-order valence-corrected chi connectivity index (χ0v) is 13.6. The molecule has 2 atom stereocenters. The minimum absolute atomic E-state index is 0.0842. The van der Waals surface area contributed by atoms with Gasteiger partial charge in [-0.05, 0) is 37.3 Å². The van der Waals surface area contributed by atoms with Crippen LogP contribution in [0, 0.1) is 17.6 Å². The first-order valence-corrected chi connectivity index (χ1v) is 8.44. The Labute approximate surface area is 143 Å². The number of hydrogen-bond acceptors (Lipinski definition) is 4. The first-order valence-electron chi connectivity index (χ1n) is 8.44. The Kier molecular flexibility index (Phi) is 4.15. The molecule has 2 heterocycles. The molecule has 2 bridgehead atoms. The van der Waals surface area contributed by atoms with Gasteiger partial charge in [-0.15, -0.1) is 0 Å². The summed E-state index contributed by atoms with van der Waals surface area (Å²) < 4.78 is 36.8. The fraction of sp³-hybridized carbons (Fsp3) is 0.444. The molecule has 7 heteroatoms. The first kappa shape index (κ1) is 16.1. The summed E-state index contributed by atoms with van der Waals surface area (Å²) in [5.41, 5.74) is 0.241. The molecule has 0 unspecified atom stereocenters. The van der Waals surface area contributed by atoms with Crippen LogP contribution in [0.15, 0.2) is 28.8 Å². The third-order valence-corrected chi connectivity index (χ3v) is 4.95. The van der Waals surface area contributed by atoms with E-state index in [1.54, 1.807) is 0 Å². The van der Waals surface area contributed by atoms with Crippen molar-refractivity contribution in [3.63, 3.8) is 0 Å². The Morgan fingerprint density at radius 2 is 2.20 bits per heavy atom. The molecular formula is C18H18F2N2O3. The van der Waals surface area contributed by atoms with E-state index in [4.69, 9.17) is 9.26 Å². The highest BCUT2D eigenvalue weighted by atomic mass is 19.1. The van der Waals surface area contributed by atoms with Gasteiger partial charge in [0.1, 0.15) is 12.4 Å². The Morgan fingerprint density at radius 1 is 1.32 bits per heavy atom. The van der Waals surface area contributed by atoms with Crippen LogP contribution in [-0.2, 0) is 6.61 Å². The molecule has 1 amide bonds. The number of benzene rings is 1. The fourth-order valence-corrected chi connectivity index (χ4v) is 3.76. The highest BCUT2D eigenvalue weighted by Crippen LogP contribution is 2.36. The summed E-state index contributed by atoms with van der Waals surface area (Å²) in [5.74, 6) is -0.766. The van der Waals surface area contributed by atoms with Gasteiger partial charge >= 0.3 is 0 Å². The van der Waals surface area contributed by atoms with E-state index in [2.05, 4.69) is 5.16 Å². The number of rotatable bonds is 4. The van der Waals surface area contributed by atoms with Crippen molar-refractivity contribution in [2.75, 3.05) is 6.54 Å². The molecule has 0 spiro atoms. The largest absolute Gasteiger partial charge is 0.482 e. The lowest BCUT2D eigenvalue weighted by Crippen LogP contribution is -2.35. The molecular weight excluding hydrogens is 330 g/mol. The van der Waals surface area contributed by atoms with Gasteiger partial charge in [0.2, 0.25) is 0 Å². The second-order valence-corrected chi connectivity index (χ2v) is 6.69. The third kappa shape index (κ3) is 3.23. The van der Waals surface area contributed by atoms with Crippen molar-refractivity contribution >= 4 is 5.91 Å². The van der Waals surface area contributed by atoms with Crippen LogP contribution in [0.3, 0.4) is 0 Å². The van der Waals surface area contributed by atoms with Crippen molar-refractivity contribution in [1.82, 2.24) is 10.1 Å². The summed E-state index contributed by atoms with van der Waals surface area (Å²) in [5, 5.41) is 3.82. The topological polar surface area (TPSA) is 55.6 Å². The number of amides is 1. The van der Waals surface area contributed by atoms with Crippen LogP contribution in [0.25, 0.3) is 0 Å². The van der Waals surface area contributed by atoms with Crippen molar-refractivity contribution in [3.05, 3.63) is 47.4 Å². The number of fused-ring (bicyclic) bond motifs is 2. The number of carbonyl (C=O) groups excluding carboxylic acids is 1. The number of halogens is 2. The molecule has 4 rings (SSSR count). The van der Waals surface area contributed by atoms with Gasteiger partial charge in [-0.3, -0.25) is 4.79 Å². The summed E-state index contributed by atoms with van der Waals surface area (Å²) in [6.07, 6.45) is 4.46. The molecule has 0 radical (unpaired) electrons. The Hall–Kier alpha value is -2.44. The number of likely N-dealkylation sites (tertiary alicyclic amines) is 1. The molecule has 132 valence electrons. The Morgan fingerprint density at radius 3 is 3.00 bits per heavy atom. The summed E-state index contributed by atoms with van der Waals surface area (Å²) in [6.45, 7) is 0.692. The van der Waals surface area contributed by atoms with Crippen molar-refractivity contribution in [2.24, 2.45) is 5.92 Å². The average Bonchev–Trinajstić information content (AvgIpc) is 3.18. The van der Waals surface area contributed by atoms with E-state index >= 15 is 0 Å². The van der Waals surface area contributed by atoms with E-state index < -0.39 is 11.6 Å². The van der Waals surface area contributed by atoms with Crippen LogP contribution in [0.5, 0.6) is 5.75 Å². The van der Waals surface area contributed by atoms with E-state index in [1.165, 1.54) is 25.0 Å².